The van der Waals surface area contributed by atoms with Gasteiger partial charge in [0.2, 0.25) is 0 Å². The largest absolute Gasteiger partial charge is 0.459 e. The van der Waals surface area contributed by atoms with Crippen LogP contribution < -0.4 is 0 Å². The van der Waals surface area contributed by atoms with Gasteiger partial charge < -0.3 is 8.83 Å². The predicted octanol–water partition coefficient (Wildman–Crippen LogP) is 2.59. The van der Waals surface area contributed by atoms with Crippen LogP contribution in [0.15, 0.2) is 33.5 Å². The summed E-state index contributed by atoms with van der Waals surface area (Å²) in [4.78, 5) is 3.86. The van der Waals surface area contributed by atoms with Crippen LogP contribution in [0.25, 0.3) is 11.7 Å². The highest BCUT2D eigenvalue weighted by atomic mass is 35.5. The molecular formula is C7H4ClNO2. The summed E-state index contributed by atoms with van der Waals surface area (Å²) >= 11 is 5.53. The highest BCUT2D eigenvalue weighted by Crippen LogP contribution is 2.20. The van der Waals surface area contributed by atoms with E-state index in [1.54, 1.807) is 18.4 Å². The fourth-order valence-corrected chi connectivity index (χ4v) is 0.889. The van der Waals surface area contributed by atoms with E-state index < -0.39 is 0 Å². The first-order chi connectivity index (χ1) is 5.36. The number of hydrogen-bond acceptors (Lipinski definition) is 3. The van der Waals surface area contributed by atoms with Crippen molar-refractivity contribution in [3.8, 4) is 11.7 Å². The molecule has 0 amide bonds. The lowest BCUT2D eigenvalue weighted by Crippen LogP contribution is -1.69. The fraction of sp³-hybridized carbons (Fsp3) is 0. The second kappa shape index (κ2) is 2.43. The van der Waals surface area contributed by atoms with Crippen LogP contribution in [0.3, 0.4) is 0 Å². The average Bonchev–Trinajstić information content (AvgIpc) is 2.55. The first-order valence-electron chi connectivity index (χ1n) is 3.01. The molecule has 0 aliphatic rings. The van der Waals surface area contributed by atoms with Gasteiger partial charge in [-0.2, -0.15) is 4.98 Å². The van der Waals surface area contributed by atoms with Crippen molar-refractivity contribution in [3.63, 3.8) is 0 Å². The van der Waals surface area contributed by atoms with E-state index in [9.17, 15) is 0 Å². The Labute approximate surface area is 67.6 Å². The second-order valence-electron chi connectivity index (χ2n) is 1.95. The summed E-state index contributed by atoms with van der Waals surface area (Å²) in [5, 5.41) is 0.330. The van der Waals surface area contributed by atoms with Crippen LogP contribution in [0.1, 0.15) is 0 Å². The predicted molar refractivity (Wildman–Crippen MR) is 39.2 cm³/mol. The maximum absolute atomic E-state index is 5.53. The Balaban J connectivity index is 2.45. The van der Waals surface area contributed by atoms with Crippen LogP contribution in [-0.4, -0.2) is 4.98 Å². The van der Waals surface area contributed by atoms with Crippen LogP contribution in [0, 0.1) is 0 Å². The van der Waals surface area contributed by atoms with Crippen LogP contribution in [0.4, 0.5) is 0 Å². The third kappa shape index (κ3) is 1.14. The zero-order valence-corrected chi connectivity index (χ0v) is 6.21. The molecule has 2 rings (SSSR count). The second-order valence-corrected chi connectivity index (χ2v) is 2.34. The Kier molecular flexibility index (Phi) is 1.43. The molecule has 11 heavy (non-hydrogen) atoms. The van der Waals surface area contributed by atoms with E-state index in [1.165, 1.54) is 6.26 Å². The van der Waals surface area contributed by atoms with Gasteiger partial charge in [0.15, 0.2) is 10.9 Å². The fourth-order valence-electron chi connectivity index (χ4n) is 0.768. The van der Waals surface area contributed by atoms with Crippen molar-refractivity contribution in [2.45, 2.75) is 0 Å². The van der Waals surface area contributed by atoms with E-state index in [4.69, 9.17) is 20.4 Å². The Hall–Kier alpha value is -1.22. The summed E-state index contributed by atoms with van der Waals surface area (Å²) in [6.45, 7) is 0. The lowest BCUT2D eigenvalue weighted by Gasteiger charge is -1.83. The van der Waals surface area contributed by atoms with Crippen molar-refractivity contribution >= 4 is 11.6 Å². The standard InChI is InChI=1S/C7H4ClNO2/c8-6-4-11-7(9-6)5-2-1-3-10-5/h1-4H. The summed E-state index contributed by atoms with van der Waals surface area (Å²) in [6.07, 6.45) is 2.91. The summed E-state index contributed by atoms with van der Waals surface area (Å²) in [5.41, 5.74) is 0. The Morgan fingerprint density at radius 1 is 1.36 bits per heavy atom. The monoisotopic (exact) mass is 169 g/mol. The van der Waals surface area contributed by atoms with Crippen molar-refractivity contribution in [3.05, 3.63) is 29.8 Å². The van der Waals surface area contributed by atoms with Gasteiger partial charge in [-0.05, 0) is 12.1 Å². The van der Waals surface area contributed by atoms with E-state index in [1.807, 2.05) is 0 Å². The molecule has 0 unspecified atom stereocenters. The van der Waals surface area contributed by atoms with E-state index in [0.717, 1.165) is 0 Å². The molecule has 0 saturated carbocycles. The van der Waals surface area contributed by atoms with Gasteiger partial charge in [-0.25, -0.2) is 0 Å². The summed E-state index contributed by atoms with van der Waals surface area (Å²) < 4.78 is 9.99. The summed E-state index contributed by atoms with van der Waals surface area (Å²) in [5.74, 6) is 0.983. The molecule has 0 aliphatic heterocycles. The van der Waals surface area contributed by atoms with Crippen molar-refractivity contribution < 1.29 is 8.83 Å². The molecule has 2 aromatic rings. The van der Waals surface area contributed by atoms with Gasteiger partial charge in [0, 0.05) is 0 Å². The minimum Gasteiger partial charge on any atom is -0.459 e. The number of rotatable bonds is 1. The normalized spacial score (nSPS) is 10.3. The topological polar surface area (TPSA) is 39.2 Å². The van der Waals surface area contributed by atoms with Crippen LogP contribution in [0.5, 0.6) is 0 Å². The van der Waals surface area contributed by atoms with Crippen LogP contribution >= 0.6 is 11.6 Å². The molecule has 0 atom stereocenters. The number of hydrogen-bond donors (Lipinski definition) is 0. The third-order valence-corrected chi connectivity index (χ3v) is 1.38. The van der Waals surface area contributed by atoms with Gasteiger partial charge in [-0.1, -0.05) is 11.6 Å². The number of halogens is 1. The quantitative estimate of drug-likeness (QED) is 0.659. The molecule has 0 aromatic carbocycles. The van der Waals surface area contributed by atoms with E-state index in [0.29, 0.717) is 16.8 Å². The minimum absolute atomic E-state index is 0.330. The van der Waals surface area contributed by atoms with Crippen molar-refractivity contribution in [1.29, 1.82) is 0 Å². The minimum atomic E-state index is 0.330. The molecule has 0 N–H and O–H groups in total. The average molecular weight is 170 g/mol. The first kappa shape index (κ1) is 6.49. The van der Waals surface area contributed by atoms with Gasteiger partial charge in [0.05, 0.1) is 6.26 Å². The Morgan fingerprint density at radius 2 is 2.27 bits per heavy atom. The zero-order chi connectivity index (χ0) is 7.68. The lowest BCUT2D eigenvalue weighted by molar-refractivity contribution is 0.517. The van der Waals surface area contributed by atoms with Gasteiger partial charge >= 0.3 is 0 Å². The van der Waals surface area contributed by atoms with E-state index in [-0.39, 0.29) is 0 Å². The lowest BCUT2D eigenvalue weighted by atomic mass is 10.4. The molecule has 0 bridgehead atoms. The maximum Gasteiger partial charge on any atom is 0.264 e. The summed E-state index contributed by atoms with van der Waals surface area (Å²) in [7, 11) is 0. The molecule has 0 saturated heterocycles. The maximum atomic E-state index is 5.53. The molecule has 2 heterocycles. The molecule has 56 valence electrons. The molecule has 0 aliphatic carbocycles. The van der Waals surface area contributed by atoms with Crippen molar-refractivity contribution in [2.75, 3.05) is 0 Å². The molecule has 3 nitrogen and oxygen atoms in total. The number of aromatic nitrogens is 1. The van der Waals surface area contributed by atoms with E-state index in [2.05, 4.69) is 4.98 Å². The zero-order valence-electron chi connectivity index (χ0n) is 5.45. The van der Waals surface area contributed by atoms with Gasteiger partial charge in [-0.15, -0.1) is 0 Å². The van der Waals surface area contributed by atoms with Crippen molar-refractivity contribution in [2.24, 2.45) is 0 Å². The molecule has 2 aromatic heterocycles. The van der Waals surface area contributed by atoms with Gasteiger partial charge in [0.25, 0.3) is 5.89 Å². The third-order valence-electron chi connectivity index (χ3n) is 1.21. The Bertz CT molecular complexity index is 339. The highest BCUT2D eigenvalue weighted by molar-refractivity contribution is 6.29. The molecule has 4 heteroatoms. The smallest absolute Gasteiger partial charge is 0.264 e. The van der Waals surface area contributed by atoms with E-state index >= 15 is 0 Å². The molecule has 0 spiro atoms. The van der Waals surface area contributed by atoms with Crippen LogP contribution in [-0.2, 0) is 0 Å². The molecular weight excluding hydrogens is 166 g/mol. The number of oxazole rings is 1. The van der Waals surface area contributed by atoms with Crippen LogP contribution in [0.2, 0.25) is 5.15 Å². The molecule has 0 radical (unpaired) electrons. The number of furan rings is 1. The van der Waals surface area contributed by atoms with Gasteiger partial charge in [-0.3, -0.25) is 0 Å². The number of nitrogens with zero attached hydrogens (tertiary/aromatic N) is 1. The molecule has 0 fully saturated rings. The van der Waals surface area contributed by atoms with Gasteiger partial charge in [0.1, 0.15) is 6.26 Å². The van der Waals surface area contributed by atoms with Crippen molar-refractivity contribution in [1.82, 2.24) is 4.98 Å². The Morgan fingerprint density at radius 3 is 2.82 bits per heavy atom. The SMILES string of the molecule is Clc1coc(-c2ccco2)n1. The highest BCUT2D eigenvalue weighted by Gasteiger charge is 2.06. The first-order valence-corrected chi connectivity index (χ1v) is 3.39. The summed E-state index contributed by atoms with van der Waals surface area (Å²) in [6, 6.07) is 3.51.